The van der Waals surface area contributed by atoms with Crippen LogP contribution in [0.5, 0.6) is 0 Å². The van der Waals surface area contributed by atoms with Crippen LogP contribution in [0, 0.1) is 11.3 Å². The number of rotatable bonds is 4. The summed E-state index contributed by atoms with van der Waals surface area (Å²) >= 11 is 0. The van der Waals surface area contributed by atoms with E-state index in [9.17, 15) is 0 Å². The Balaban J connectivity index is 0.000000921. The third-order valence-corrected chi connectivity index (χ3v) is 3.78. The summed E-state index contributed by atoms with van der Waals surface area (Å²) in [7, 11) is 0. The lowest BCUT2D eigenvalue weighted by Gasteiger charge is -2.40. The monoisotopic (exact) mass is 213 g/mol. The third-order valence-electron chi connectivity index (χ3n) is 3.78. The summed E-state index contributed by atoms with van der Waals surface area (Å²) in [6, 6.07) is 0. The van der Waals surface area contributed by atoms with E-state index in [1.165, 1.54) is 45.2 Å². The predicted molar refractivity (Wildman–Crippen MR) is 70.2 cm³/mol. The summed E-state index contributed by atoms with van der Waals surface area (Å²) in [5.74, 6) is 0.908. The summed E-state index contributed by atoms with van der Waals surface area (Å²) in [6.07, 6.45) is 7.00. The van der Waals surface area contributed by atoms with E-state index >= 15 is 0 Å². The predicted octanol–water partition coefficient (Wildman–Crippen LogP) is 4.23. The molecule has 1 aliphatic carbocycles. The van der Waals surface area contributed by atoms with Crippen molar-refractivity contribution in [1.29, 1.82) is 0 Å². The van der Waals surface area contributed by atoms with Gasteiger partial charge >= 0.3 is 0 Å². The lowest BCUT2D eigenvalue weighted by atomic mass is 9.68. The molecule has 1 saturated carbocycles. The van der Waals surface area contributed by atoms with Crippen molar-refractivity contribution < 1.29 is 0 Å². The Labute approximate surface area is 97.0 Å². The van der Waals surface area contributed by atoms with Crippen molar-refractivity contribution in [2.45, 2.75) is 66.7 Å². The first-order valence-electron chi connectivity index (χ1n) is 6.90. The molecule has 15 heavy (non-hydrogen) atoms. The van der Waals surface area contributed by atoms with Gasteiger partial charge in [0.2, 0.25) is 0 Å². The molecule has 1 N–H and O–H groups in total. The smallest absolute Gasteiger partial charge is 0.000771 e. The zero-order valence-corrected chi connectivity index (χ0v) is 11.5. The van der Waals surface area contributed by atoms with Crippen LogP contribution in [0.2, 0.25) is 0 Å². The summed E-state index contributed by atoms with van der Waals surface area (Å²) in [5.41, 5.74) is 0.577. The molecule has 0 spiro atoms. The number of nitrogens with one attached hydrogen (secondary N) is 1. The molecule has 0 aromatic carbocycles. The molecular weight excluding hydrogens is 182 g/mol. The first-order valence-corrected chi connectivity index (χ1v) is 6.90. The minimum atomic E-state index is 0.577. The molecule has 1 rings (SSSR count). The first kappa shape index (κ1) is 15.0. The molecule has 1 aliphatic rings. The highest BCUT2D eigenvalue weighted by molar-refractivity contribution is 4.85. The van der Waals surface area contributed by atoms with Crippen molar-refractivity contribution in [3.05, 3.63) is 0 Å². The third kappa shape index (κ3) is 5.01. The van der Waals surface area contributed by atoms with Crippen molar-refractivity contribution in [2.24, 2.45) is 11.3 Å². The number of hydrogen-bond acceptors (Lipinski definition) is 1. The maximum absolute atomic E-state index is 3.58. The average molecular weight is 213 g/mol. The molecule has 2 atom stereocenters. The maximum atomic E-state index is 3.58. The molecule has 92 valence electrons. The zero-order chi connectivity index (χ0) is 11.7. The van der Waals surface area contributed by atoms with E-state index in [2.05, 4.69) is 26.1 Å². The van der Waals surface area contributed by atoms with Crippen molar-refractivity contribution in [3.63, 3.8) is 0 Å². The molecule has 0 amide bonds. The van der Waals surface area contributed by atoms with Crippen LogP contribution in [0.15, 0.2) is 0 Å². The van der Waals surface area contributed by atoms with Gasteiger partial charge in [0.05, 0.1) is 0 Å². The fourth-order valence-corrected chi connectivity index (χ4v) is 2.39. The normalized spacial score (nSPS) is 30.6. The molecule has 0 aromatic heterocycles. The van der Waals surface area contributed by atoms with Crippen molar-refractivity contribution in [2.75, 3.05) is 13.1 Å². The standard InChI is InChI=1S/C12H25N.C2H6/c1-4-9-13-10-12(3)8-6-5-7-11(12)2;1-2/h11,13H,4-10H2,1-3H3;1-2H3. The van der Waals surface area contributed by atoms with Crippen LogP contribution in [0.3, 0.4) is 0 Å². The first-order chi connectivity index (χ1) is 7.19. The largest absolute Gasteiger partial charge is 0.316 e. The van der Waals surface area contributed by atoms with E-state index in [4.69, 9.17) is 0 Å². The van der Waals surface area contributed by atoms with Crippen molar-refractivity contribution >= 4 is 0 Å². The molecule has 2 unspecified atom stereocenters. The molecular formula is C14H31N. The summed E-state index contributed by atoms with van der Waals surface area (Å²) in [4.78, 5) is 0. The molecule has 0 heterocycles. The van der Waals surface area contributed by atoms with Gasteiger partial charge in [0.25, 0.3) is 0 Å². The van der Waals surface area contributed by atoms with Gasteiger partial charge in [-0.15, -0.1) is 0 Å². The highest BCUT2D eigenvalue weighted by atomic mass is 14.9. The fourth-order valence-electron chi connectivity index (χ4n) is 2.39. The Bertz CT molecular complexity index is 144. The minimum Gasteiger partial charge on any atom is -0.316 e. The van der Waals surface area contributed by atoms with Gasteiger partial charge in [-0.05, 0) is 30.7 Å². The Morgan fingerprint density at radius 3 is 2.47 bits per heavy atom. The second kappa shape index (κ2) is 8.15. The van der Waals surface area contributed by atoms with Gasteiger partial charge in [0, 0.05) is 6.54 Å². The van der Waals surface area contributed by atoms with Crippen LogP contribution >= 0.6 is 0 Å². The molecule has 0 bridgehead atoms. The van der Waals surface area contributed by atoms with E-state index in [-0.39, 0.29) is 0 Å². The van der Waals surface area contributed by atoms with Crippen LogP contribution in [-0.4, -0.2) is 13.1 Å². The SMILES string of the molecule is CC.CCCNCC1(C)CCCCC1C. The van der Waals surface area contributed by atoms with Gasteiger partial charge in [-0.2, -0.15) is 0 Å². The van der Waals surface area contributed by atoms with Gasteiger partial charge in [-0.3, -0.25) is 0 Å². The molecule has 0 saturated heterocycles. The highest BCUT2D eigenvalue weighted by Crippen LogP contribution is 2.39. The zero-order valence-electron chi connectivity index (χ0n) is 11.5. The van der Waals surface area contributed by atoms with Crippen LogP contribution in [0.4, 0.5) is 0 Å². The average Bonchev–Trinajstić information content (AvgIpc) is 2.26. The summed E-state index contributed by atoms with van der Waals surface area (Å²) in [5, 5.41) is 3.58. The molecule has 1 heteroatoms. The van der Waals surface area contributed by atoms with Gasteiger partial charge in [0.15, 0.2) is 0 Å². The van der Waals surface area contributed by atoms with E-state index in [1.807, 2.05) is 13.8 Å². The second-order valence-corrected chi connectivity index (χ2v) is 4.98. The molecule has 1 fully saturated rings. The molecule has 0 aliphatic heterocycles. The minimum absolute atomic E-state index is 0.577. The van der Waals surface area contributed by atoms with E-state index in [0.29, 0.717) is 5.41 Å². The van der Waals surface area contributed by atoms with Crippen LogP contribution in [0.1, 0.15) is 66.7 Å². The lowest BCUT2D eigenvalue weighted by Crippen LogP contribution is -2.39. The van der Waals surface area contributed by atoms with Gasteiger partial charge in [-0.1, -0.05) is 53.9 Å². The van der Waals surface area contributed by atoms with Crippen molar-refractivity contribution in [1.82, 2.24) is 5.32 Å². The lowest BCUT2D eigenvalue weighted by molar-refractivity contribution is 0.127. The Kier molecular flexibility index (Phi) is 8.13. The van der Waals surface area contributed by atoms with E-state index in [1.54, 1.807) is 0 Å². The fraction of sp³-hybridized carbons (Fsp3) is 1.00. The molecule has 0 aromatic rings. The van der Waals surface area contributed by atoms with E-state index in [0.717, 1.165) is 5.92 Å². The summed E-state index contributed by atoms with van der Waals surface area (Å²) < 4.78 is 0. The van der Waals surface area contributed by atoms with Crippen LogP contribution in [-0.2, 0) is 0 Å². The molecule has 0 radical (unpaired) electrons. The van der Waals surface area contributed by atoms with E-state index < -0.39 is 0 Å². The molecule has 1 nitrogen and oxygen atoms in total. The number of hydrogen-bond donors (Lipinski definition) is 1. The highest BCUT2D eigenvalue weighted by Gasteiger charge is 2.32. The quantitative estimate of drug-likeness (QED) is 0.689. The van der Waals surface area contributed by atoms with Gasteiger partial charge in [0.1, 0.15) is 0 Å². The van der Waals surface area contributed by atoms with Crippen LogP contribution in [0.25, 0.3) is 0 Å². The summed E-state index contributed by atoms with van der Waals surface area (Å²) in [6.45, 7) is 13.5. The Morgan fingerprint density at radius 1 is 1.27 bits per heavy atom. The van der Waals surface area contributed by atoms with Gasteiger partial charge < -0.3 is 5.32 Å². The maximum Gasteiger partial charge on any atom is 0.000771 e. The Morgan fingerprint density at radius 2 is 1.93 bits per heavy atom. The second-order valence-electron chi connectivity index (χ2n) is 4.98. The van der Waals surface area contributed by atoms with Crippen LogP contribution < -0.4 is 5.32 Å². The Hall–Kier alpha value is -0.0400. The topological polar surface area (TPSA) is 12.0 Å². The van der Waals surface area contributed by atoms with Crippen molar-refractivity contribution in [3.8, 4) is 0 Å². The van der Waals surface area contributed by atoms with Gasteiger partial charge in [-0.25, -0.2) is 0 Å².